The Bertz CT molecular complexity index is 1050. The van der Waals surface area contributed by atoms with E-state index in [0.29, 0.717) is 30.5 Å². The summed E-state index contributed by atoms with van der Waals surface area (Å²) < 4.78 is 10.7. The van der Waals surface area contributed by atoms with Crippen LogP contribution in [-0.4, -0.2) is 22.7 Å². The SMILES string of the molecule is Cc1cc(C(=O)NCc2ccc3c(c2)OCO3)nc(NCc2ccccc2C)n1. The summed E-state index contributed by atoms with van der Waals surface area (Å²) in [7, 11) is 0. The van der Waals surface area contributed by atoms with Gasteiger partial charge in [-0.1, -0.05) is 30.3 Å². The number of nitrogens with one attached hydrogen (secondary N) is 2. The minimum absolute atomic E-state index is 0.226. The lowest BCUT2D eigenvalue weighted by molar-refractivity contribution is 0.0945. The molecule has 4 rings (SSSR count). The first-order chi connectivity index (χ1) is 14.1. The van der Waals surface area contributed by atoms with Gasteiger partial charge in [0, 0.05) is 18.8 Å². The van der Waals surface area contributed by atoms with E-state index in [1.807, 2.05) is 37.3 Å². The molecule has 0 saturated heterocycles. The van der Waals surface area contributed by atoms with Gasteiger partial charge in [-0.05, 0) is 48.7 Å². The topological polar surface area (TPSA) is 85.4 Å². The molecule has 0 saturated carbocycles. The highest BCUT2D eigenvalue weighted by Gasteiger charge is 2.15. The lowest BCUT2D eigenvalue weighted by Crippen LogP contribution is -2.24. The van der Waals surface area contributed by atoms with E-state index >= 15 is 0 Å². The van der Waals surface area contributed by atoms with Crippen LogP contribution in [0.1, 0.15) is 32.9 Å². The van der Waals surface area contributed by atoms with Gasteiger partial charge in [-0.15, -0.1) is 0 Å². The Kier molecular flexibility index (Phi) is 5.29. The Morgan fingerprint density at radius 1 is 1.00 bits per heavy atom. The van der Waals surface area contributed by atoms with E-state index < -0.39 is 0 Å². The molecule has 2 N–H and O–H groups in total. The highest BCUT2D eigenvalue weighted by Crippen LogP contribution is 2.32. The molecule has 0 atom stereocenters. The zero-order valence-electron chi connectivity index (χ0n) is 16.4. The summed E-state index contributed by atoms with van der Waals surface area (Å²) in [6.45, 7) is 5.08. The van der Waals surface area contributed by atoms with Crippen LogP contribution in [0.3, 0.4) is 0 Å². The van der Waals surface area contributed by atoms with Crippen LogP contribution in [0.2, 0.25) is 0 Å². The van der Waals surface area contributed by atoms with Crippen molar-refractivity contribution < 1.29 is 14.3 Å². The zero-order chi connectivity index (χ0) is 20.2. The average Bonchev–Trinajstić information content (AvgIpc) is 3.19. The van der Waals surface area contributed by atoms with Gasteiger partial charge < -0.3 is 20.1 Å². The van der Waals surface area contributed by atoms with Gasteiger partial charge in [0.1, 0.15) is 5.69 Å². The van der Waals surface area contributed by atoms with Gasteiger partial charge in [0.25, 0.3) is 5.91 Å². The summed E-state index contributed by atoms with van der Waals surface area (Å²) >= 11 is 0. The molecular formula is C22H22N4O3. The molecule has 2 heterocycles. The number of aromatic nitrogens is 2. The average molecular weight is 390 g/mol. The zero-order valence-corrected chi connectivity index (χ0v) is 16.4. The third-order valence-corrected chi connectivity index (χ3v) is 4.68. The fraction of sp³-hybridized carbons (Fsp3) is 0.227. The first-order valence-electron chi connectivity index (χ1n) is 9.39. The monoisotopic (exact) mass is 390 g/mol. The van der Waals surface area contributed by atoms with Crippen molar-refractivity contribution in [1.82, 2.24) is 15.3 Å². The highest BCUT2D eigenvalue weighted by molar-refractivity contribution is 5.92. The highest BCUT2D eigenvalue weighted by atomic mass is 16.7. The first kappa shape index (κ1) is 18.7. The largest absolute Gasteiger partial charge is 0.454 e. The Labute approximate surface area is 169 Å². The molecule has 7 nitrogen and oxygen atoms in total. The van der Waals surface area contributed by atoms with Crippen LogP contribution in [0, 0.1) is 13.8 Å². The smallest absolute Gasteiger partial charge is 0.270 e. The molecule has 0 radical (unpaired) electrons. The molecule has 0 bridgehead atoms. The number of aryl methyl sites for hydroxylation is 2. The van der Waals surface area contributed by atoms with Gasteiger partial charge >= 0.3 is 0 Å². The maximum atomic E-state index is 12.6. The van der Waals surface area contributed by atoms with Crippen molar-refractivity contribution in [2.75, 3.05) is 12.1 Å². The number of ether oxygens (including phenoxy) is 2. The number of hydrogen-bond acceptors (Lipinski definition) is 6. The van der Waals surface area contributed by atoms with Crippen LogP contribution in [0.5, 0.6) is 11.5 Å². The molecule has 0 fully saturated rings. The van der Waals surface area contributed by atoms with Gasteiger partial charge in [0.2, 0.25) is 12.7 Å². The second kappa shape index (κ2) is 8.18. The van der Waals surface area contributed by atoms with E-state index in [0.717, 1.165) is 22.6 Å². The first-order valence-corrected chi connectivity index (χ1v) is 9.39. The molecule has 0 aliphatic carbocycles. The molecule has 7 heteroatoms. The normalized spacial score (nSPS) is 11.9. The van der Waals surface area contributed by atoms with E-state index in [9.17, 15) is 4.79 Å². The number of benzene rings is 2. The molecule has 1 aliphatic heterocycles. The molecule has 1 amide bonds. The summed E-state index contributed by atoms with van der Waals surface area (Å²) in [5, 5.41) is 6.10. The third-order valence-electron chi connectivity index (χ3n) is 4.68. The molecule has 1 aliphatic rings. The molecule has 148 valence electrons. The Hall–Kier alpha value is -3.61. The summed E-state index contributed by atoms with van der Waals surface area (Å²) in [4.78, 5) is 21.4. The second-order valence-electron chi connectivity index (χ2n) is 6.87. The maximum Gasteiger partial charge on any atom is 0.270 e. The summed E-state index contributed by atoms with van der Waals surface area (Å²) in [6.07, 6.45) is 0. The number of fused-ring (bicyclic) bond motifs is 1. The second-order valence-corrected chi connectivity index (χ2v) is 6.87. The predicted octanol–water partition coefficient (Wildman–Crippen LogP) is 3.36. The molecule has 2 aromatic carbocycles. The lowest BCUT2D eigenvalue weighted by Gasteiger charge is -2.10. The van der Waals surface area contributed by atoms with Crippen molar-refractivity contribution >= 4 is 11.9 Å². The van der Waals surface area contributed by atoms with E-state index in [1.54, 1.807) is 6.07 Å². The van der Waals surface area contributed by atoms with Crippen molar-refractivity contribution in [3.05, 3.63) is 76.6 Å². The number of hydrogen-bond donors (Lipinski definition) is 2. The molecule has 1 aromatic heterocycles. The number of anilines is 1. The number of carbonyl (C=O) groups excluding carboxylic acids is 1. The molecule has 3 aromatic rings. The van der Waals surface area contributed by atoms with Crippen LogP contribution in [0.4, 0.5) is 5.95 Å². The van der Waals surface area contributed by atoms with Crippen molar-refractivity contribution in [2.45, 2.75) is 26.9 Å². The van der Waals surface area contributed by atoms with E-state index in [4.69, 9.17) is 9.47 Å². The van der Waals surface area contributed by atoms with Crippen molar-refractivity contribution in [3.63, 3.8) is 0 Å². The molecule has 0 spiro atoms. The van der Waals surface area contributed by atoms with Crippen LogP contribution in [0.25, 0.3) is 0 Å². The molecular weight excluding hydrogens is 368 g/mol. The van der Waals surface area contributed by atoms with Crippen LogP contribution in [0.15, 0.2) is 48.5 Å². The summed E-state index contributed by atoms with van der Waals surface area (Å²) in [6, 6.07) is 15.4. The van der Waals surface area contributed by atoms with Gasteiger partial charge in [-0.25, -0.2) is 9.97 Å². The summed E-state index contributed by atoms with van der Waals surface area (Å²) in [5.41, 5.74) is 4.32. The van der Waals surface area contributed by atoms with Crippen molar-refractivity contribution in [1.29, 1.82) is 0 Å². The maximum absolute atomic E-state index is 12.6. The minimum Gasteiger partial charge on any atom is -0.454 e. The number of amides is 1. The fourth-order valence-electron chi connectivity index (χ4n) is 3.07. The van der Waals surface area contributed by atoms with E-state index in [-0.39, 0.29) is 12.7 Å². The third kappa shape index (κ3) is 4.45. The Balaban J connectivity index is 1.41. The standard InChI is InChI=1S/C22H22N4O3/c1-14-5-3-4-6-17(14)12-24-22-25-15(2)9-18(26-22)21(27)23-11-16-7-8-19-20(10-16)29-13-28-19/h3-10H,11-13H2,1-2H3,(H,23,27)(H,24,25,26). The van der Waals surface area contributed by atoms with Crippen LogP contribution >= 0.6 is 0 Å². The van der Waals surface area contributed by atoms with E-state index in [1.165, 1.54) is 5.56 Å². The van der Waals surface area contributed by atoms with Crippen LogP contribution < -0.4 is 20.1 Å². The van der Waals surface area contributed by atoms with Crippen molar-refractivity contribution in [2.24, 2.45) is 0 Å². The fourth-order valence-corrected chi connectivity index (χ4v) is 3.07. The Morgan fingerprint density at radius 2 is 1.83 bits per heavy atom. The van der Waals surface area contributed by atoms with Crippen LogP contribution in [-0.2, 0) is 13.1 Å². The van der Waals surface area contributed by atoms with Gasteiger partial charge in [0.15, 0.2) is 11.5 Å². The lowest BCUT2D eigenvalue weighted by atomic mass is 10.1. The molecule has 29 heavy (non-hydrogen) atoms. The van der Waals surface area contributed by atoms with Gasteiger partial charge in [-0.3, -0.25) is 4.79 Å². The van der Waals surface area contributed by atoms with Gasteiger partial charge in [-0.2, -0.15) is 0 Å². The van der Waals surface area contributed by atoms with E-state index in [2.05, 4.69) is 39.7 Å². The Morgan fingerprint density at radius 3 is 2.69 bits per heavy atom. The minimum atomic E-state index is -0.257. The van der Waals surface area contributed by atoms with Gasteiger partial charge in [0.05, 0.1) is 0 Å². The number of carbonyl (C=O) groups is 1. The summed E-state index contributed by atoms with van der Waals surface area (Å²) in [5.74, 6) is 1.58. The number of rotatable bonds is 6. The quantitative estimate of drug-likeness (QED) is 0.671. The van der Waals surface area contributed by atoms with Crippen molar-refractivity contribution in [3.8, 4) is 11.5 Å². The predicted molar refractivity (Wildman–Crippen MR) is 109 cm³/mol. The molecule has 0 unspecified atom stereocenters. The number of nitrogens with zero attached hydrogens (tertiary/aromatic N) is 2.